The van der Waals surface area contributed by atoms with Crippen molar-refractivity contribution in [3.8, 4) is 0 Å². The van der Waals surface area contributed by atoms with E-state index < -0.39 is 0 Å². The number of methoxy groups -OCH3 is 1. The number of ether oxygens (including phenoxy) is 1. The molecule has 0 radical (unpaired) electrons. The summed E-state index contributed by atoms with van der Waals surface area (Å²) in [7, 11) is 4.03. The molecular formula is C14H29N3O. The summed E-state index contributed by atoms with van der Waals surface area (Å²) in [5.74, 6) is 0. The zero-order valence-corrected chi connectivity index (χ0v) is 12.4. The van der Waals surface area contributed by atoms with Gasteiger partial charge in [0.2, 0.25) is 0 Å². The highest BCUT2D eigenvalue weighted by Gasteiger charge is 2.48. The van der Waals surface area contributed by atoms with Gasteiger partial charge in [0, 0.05) is 57.8 Å². The van der Waals surface area contributed by atoms with Gasteiger partial charge in [-0.15, -0.1) is 0 Å². The van der Waals surface area contributed by atoms with E-state index in [0.717, 1.165) is 13.0 Å². The second kappa shape index (κ2) is 5.87. The molecule has 2 unspecified atom stereocenters. The number of hydrogen-bond acceptors (Lipinski definition) is 4. The fourth-order valence-electron chi connectivity index (χ4n) is 3.10. The summed E-state index contributed by atoms with van der Waals surface area (Å²) in [6.45, 7) is 11.7. The predicted molar refractivity (Wildman–Crippen MR) is 74.9 cm³/mol. The minimum Gasteiger partial charge on any atom is -0.381 e. The summed E-state index contributed by atoms with van der Waals surface area (Å²) < 4.78 is 5.48. The molecule has 1 aliphatic carbocycles. The van der Waals surface area contributed by atoms with Crippen molar-refractivity contribution in [2.45, 2.75) is 32.4 Å². The van der Waals surface area contributed by atoms with Gasteiger partial charge in [0.05, 0.1) is 6.10 Å². The molecule has 0 bridgehead atoms. The van der Waals surface area contributed by atoms with Gasteiger partial charge in [-0.1, -0.05) is 13.8 Å². The van der Waals surface area contributed by atoms with Crippen LogP contribution in [-0.4, -0.2) is 75.4 Å². The van der Waals surface area contributed by atoms with Crippen LogP contribution >= 0.6 is 0 Å². The van der Waals surface area contributed by atoms with Gasteiger partial charge < -0.3 is 15.0 Å². The van der Waals surface area contributed by atoms with E-state index in [1.807, 2.05) is 7.11 Å². The highest BCUT2D eigenvalue weighted by atomic mass is 16.5. The molecule has 2 aliphatic rings. The monoisotopic (exact) mass is 255 g/mol. The van der Waals surface area contributed by atoms with E-state index in [1.165, 1.54) is 32.7 Å². The smallest absolute Gasteiger partial charge is 0.0652 e. The highest BCUT2D eigenvalue weighted by Crippen LogP contribution is 2.42. The van der Waals surface area contributed by atoms with Crippen LogP contribution in [0, 0.1) is 5.41 Å². The Morgan fingerprint density at radius 1 is 1.22 bits per heavy atom. The Bertz CT molecular complexity index is 262. The van der Waals surface area contributed by atoms with Crippen LogP contribution < -0.4 is 5.32 Å². The van der Waals surface area contributed by atoms with E-state index in [1.54, 1.807) is 0 Å². The van der Waals surface area contributed by atoms with Crippen LogP contribution in [0.4, 0.5) is 0 Å². The fourth-order valence-corrected chi connectivity index (χ4v) is 3.10. The third kappa shape index (κ3) is 3.05. The van der Waals surface area contributed by atoms with E-state index in [0.29, 0.717) is 12.1 Å². The molecule has 4 heteroatoms. The molecule has 4 nitrogen and oxygen atoms in total. The van der Waals surface area contributed by atoms with Gasteiger partial charge in [-0.25, -0.2) is 0 Å². The Morgan fingerprint density at radius 2 is 1.89 bits per heavy atom. The van der Waals surface area contributed by atoms with E-state index in [9.17, 15) is 0 Å². The molecule has 1 aliphatic heterocycles. The van der Waals surface area contributed by atoms with Gasteiger partial charge in [0.25, 0.3) is 0 Å². The Hall–Kier alpha value is -0.160. The van der Waals surface area contributed by atoms with Gasteiger partial charge in [-0.3, -0.25) is 4.90 Å². The lowest BCUT2D eigenvalue weighted by atomic mass is 9.64. The van der Waals surface area contributed by atoms with E-state index >= 15 is 0 Å². The molecule has 1 N–H and O–H groups in total. The first-order chi connectivity index (χ1) is 8.54. The zero-order chi connectivity index (χ0) is 13.2. The standard InChI is InChI=1S/C14H29N3O/c1-14(2)12(11-13(14)18-4)15-5-6-17-9-7-16(3)8-10-17/h12-13,15H,5-11H2,1-4H3. The number of likely N-dealkylation sites (N-methyl/N-ethyl adjacent to an activating group) is 1. The lowest BCUT2D eigenvalue weighted by Gasteiger charge is -2.51. The van der Waals surface area contributed by atoms with Crippen molar-refractivity contribution < 1.29 is 4.74 Å². The topological polar surface area (TPSA) is 27.7 Å². The Morgan fingerprint density at radius 3 is 2.44 bits per heavy atom. The molecule has 0 spiro atoms. The van der Waals surface area contributed by atoms with E-state index in [-0.39, 0.29) is 5.41 Å². The van der Waals surface area contributed by atoms with Crippen LogP contribution in [0.25, 0.3) is 0 Å². The van der Waals surface area contributed by atoms with Gasteiger partial charge in [0.1, 0.15) is 0 Å². The van der Waals surface area contributed by atoms with Gasteiger partial charge in [-0.2, -0.15) is 0 Å². The average Bonchev–Trinajstić information content (AvgIpc) is 2.35. The maximum Gasteiger partial charge on any atom is 0.0652 e. The maximum absolute atomic E-state index is 5.48. The highest BCUT2D eigenvalue weighted by molar-refractivity contribution is 5.02. The molecule has 2 fully saturated rings. The van der Waals surface area contributed by atoms with E-state index in [4.69, 9.17) is 4.74 Å². The first kappa shape index (κ1) is 14.3. The summed E-state index contributed by atoms with van der Waals surface area (Å²) in [5.41, 5.74) is 0.289. The predicted octanol–water partition coefficient (Wildman–Crippen LogP) is 0.637. The van der Waals surface area contributed by atoms with Crippen molar-refractivity contribution in [3.63, 3.8) is 0 Å². The Balaban J connectivity index is 1.62. The molecule has 0 aromatic rings. The summed E-state index contributed by atoms with van der Waals surface area (Å²) in [4.78, 5) is 4.97. The summed E-state index contributed by atoms with van der Waals surface area (Å²) in [6, 6.07) is 0.620. The van der Waals surface area contributed by atoms with Crippen LogP contribution in [0.2, 0.25) is 0 Å². The maximum atomic E-state index is 5.48. The van der Waals surface area contributed by atoms with Crippen LogP contribution in [0.5, 0.6) is 0 Å². The zero-order valence-electron chi connectivity index (χ0n) is 12.4. The molecule has 1 saturated carbocycles. The fraction of sp³-hybridized carbons (Fsp3) is 1.00. The molecule has 18 heavy (non-hydrogen) atoms. The first-order valence-electron chi connectivity index (χ1n) is 7.21. The summed E-state index contributed by atoms with van der Waals surface area (Å²) in [5, 5.41) is 3.70. The van der Waals surface area contributed by atoms with Crippen molar-refractivity contribution in [2.75, 3.05) is 53.4 Å². The number of rotatable bonds is 5. The van der Waals surface area contributed by atoms with Crippen LogP contribution in [-0.2, 0) is 4.74 Å². The van der Waals surface area contributed by atoms with Gasteiger partial charge >= 0.3 is 0 Å². The second-order valence-electron chi connectivity index (χ2n) is 6.43. The number of piperazine rings is 1. The SMILES string of the molecule is COC1CC(NCCN2CCN(C)CC2)C1(C)C. The van der Waals surface area contributed by atoms with Crippen molar-refractivity contribution in [3.05, 3.63) is 0 Å². The molecule has 2 rings (SSSR count). The van der Waals surface area contributed by atoms with Crippen molar-refractivity contribution in [1.29, 1.82) is 0 Å². The van der Waals surface area contributed by atoms with Crippen LogP contribution in [0.3, 0.4) is 0 Å². The third-order valence-electron chi connectivity index (χ3n) is 4.88. The van der Waals surface area contributed by atoms with Crippen LogP contribution in [0.1, 0.15) is 20.3 Å². The quantitative estimate of drug-likeness (QED) is 0.780. The number of nitrogens with one attached hydrogen (secondary N) is 1. The van der Waals surface area contributed by atoms with Crippen molar-refractivity contribution in [2.24, 2.45) is 5.41 Å². The number of hydrogen-bond donors (Lipinski definition) is 1. The molecule has 1 heterocycles. The van der Waals surface area contributed by atoms with Gasteiger partial charge in [0.15, 0.2) is 0 Å². The second-order valence-corrected chi connectivity index (χ2v) is 6.43. The normalized spacial score (nSPS) is 33.3. The molecule has 0 amide bonds. The van der Waals surface area contributed by atoms with E-state index in [2.05, 4.69) is 36.0 Å². The average molecular weight is 255 g/mol. The van der Waals surface area contributed by atoms with Crippen molar-refractivity contribution >= 4 is 0 Å². The molecular weight excluding hydrogens is 226 g/mol. The van der Waals surface area contributed by atoms with Crippen molar-refractivity contribution in [1.82, 2.24) is 15.1 Å². The lowest BCUT2D eigenvalue weighted by molar-refractivity contribution is -0.0976. The molecule has 2 atom stereocenters. The molecule has 106 valence electrons. The minimum atomic E-state index is 0.289. The first-order valence-corrected chi connectivity index (χ1v) is 7.21. The summed E-state index contributed by atoms with van der Waals surface area (Å²) in [6.07, 6.45) is 1.59. The molecule has 1 saturated heterocycles. The third-order valence-corrected chi connectivity index (χ3v) is 4.88. The molecule has 0 aromatic carbocycles. The van der Waals surface area contributed by atoms with Gasteiger partial charge in [-0.05, 0) is 13.5 Å². The van der Waals surface area contributed by atoms with Crippen LogP contribution in [0.15, 0.2) is 0 Å². The number of nitrogens with zero attached hydrogens (tertiary/aromatic N) is 2. The summed E-state index contributed by atoms with van der Waals surface area (Å²) >= 11 is 0. The largest absolute Gasteiger partial charge is 0.381 e. The molecule has 0 aromatic heterocycles. The Kier molecular flexibility index (Phi) is 4.64. The lowest BCUT2D eigenvalue weighted by Crippen LogP contribution is -2.61. The minimum absolute atomic E-state index is 0.289. The Labute approximate surface area is 112 Å².